The highest BCUT2D eigenvalue weighted by Gasteiger charge is 2.17. The Morgan fingerprint density at radius 2 is 2.35 bits per heavy atom. The van der Waals surface area contributed by atoms with Gasteiger partial charge in [-0.05, 0) is 6.92 Å². The van der Waals surface area contributed by atoms with E-state index in [1.807, 2.05) is 22.9 Å². The average Bonchev–Trinajstić information content (AvgIpc) is 2.95. The van der Waals surface area contributed by atoms with Crippen LogP contribution in [0.2, 0.25) is 0 Å². The molecular formula is C12H15N3O4S. The van der Waals surface area contributed by atoms with Crippen LogP contribution < -0.4 is 5.32 Å². The summed E-state index contributed by atoms with van der Waals surface area (Å²) in [6.45, 7) is 1.72. The number of fused-ring (bicyclic) bond motifs is 1. The van der Waals surface area contributed by atoms with Crippen molar-refractivity contribution >= 4 is 28.2 Å². The van der Waals surface area contributed by atoms with Crippen LogP contribution in [0.1, 0.15) is 11.4 Å². The SMILES string of the molecule is COC(=O)C(O)CNC(=O)Cc1csc2nc(C)cn12. The predicted molar refractivity (Wildman–Crippen MR) is 72.5 cm³/mol. The number of aliphatic hydroxyl groups is 1. The molecule has 0 fully saturated rings. The van der Waals surface area contributed by atoms with Crippen LogP contribution in [0.5, 0.6) is 0 Å². The molecular weight excluding hydrogens is 282 g/mol. The lowest BCUT2D eigenvalue weighted by Crippen LogP contribution is -2.37. The first-order chi connectivity index (χ1) is 9.51. The standard InChI is InChI=1S/C12H15N3O4S/c1-7-5-15-8(6-20-12(15)14-7)3-10(17)13-4-9(16)11(18)19-2/h5-6,9,16H,3-4H2,1-2H3,(H,13,17). The minimum Gasteiger partial charge on any atom is -0.467 e. The number of aromatic nitrogens is 2. The van der Waals surface area contributed by atoms with E-state index in [1.54, 1.807) is 0 Å². The van der Waals surface area contributed by atoms with Crippen molar-refractivity contribution in [2.45, 2.75) is 19.4 Å². The fraction of sp³-hybridized carbons (Fsp3) is 0.417. The fourth-order valence-electron chi connectivity index (χ4n) is 1.73. The molecule has 8 heteroatoms. The quantitative estimate of drug-likeness (QED) is 0.752. The maximum atomic E-state index is 11.8. The number of hydrogen-bond acceptors (Lipinski definition) is 6. The Morgan fingerprint density at radius 3 is 3.05 bits per heavy atom. The van der Waals surface area contributed by atoms with E-state index in [0.717, 1.165) is 16.3 Å². The van der Waals surface area contributed by atoms with Crippen molar-refractivity contribution in [1.82, 2.24) is 14.7 Å². The number of amides is 1. The molecule has 2 aromatic rings. The lowest BCUT2D eigenvalue weighted by atomic mass is 10.3. The maximum Gasteiger partial charge on any atom is 0.336 e. The van der Waals surface area contributed by atoms with Gasteiger partial charge in [0.25, 0.3) is 0 Å². The topological polar surface area (TPSA) is 92.9 Å². The van der Waals surface area contributed by atoms with Crippen molar-refractivity contribution < 1.29 is 19.4 Å². The molecule has 7 nitrogen and oxygen atoms in total. The number of carbonyl (C=O) groups excluding carboxylic acids is 2. The van der Waals surface area contributed by atoms with Gasteiger partial charge in [0.2, 0.25) is 5.91 Å². The van der Waals surface area contributed by atoms with Crippen LogP contribution >= 0.6 is 11.3 Å². The van der Waals surface area contributed by atoms with Crippen molar-refractivity contribution in [2.75, 3.05) is 13.7 Å². The highest BCUT2D eigenvalue weighted by molar-refractivity contribution is 7.15. The molecule has 1 atom stereocenters. The third kappa shape index (κ3) is 3.14. The molecule has 0 aliphatic heterocycles. The number of methoxy groups -OCH3 is 1. The first-order valence-corrected chi connectivity index (χ1v) is 6.84. The fourth-order valence-corrected chi connectivity index (χ4v) is 2.64. The number of rotatable bonds is 5. The van der Waals surface area contributed by atoms with Crippen molar-refractivity contribution in [3.8, 4) is 0 Å². The van der Waals surface area contributed by atoms with Crippen LogP contribution in [-0.2, 0) is 20.7 Å². The molecule has 2 rings (SSSR count). The largest absolute Gasteiger partial charge is 0.467 e. The predicted octanol–water partition coefficient (Wildman–Crippen LogP) is -0.103. The van der Waals surface area contributed by atoms with Gasteiger partial charge in [0, 0.05) is 17.3 Å². The number of esters is 1. The summed E-state index contributed by atoms with van der Waals surface area (Å²) < 4.78 is 6.22. The van der Waals surface area contributed by atoms with Crippen LogP contribution in [0.15, 0.2) is 11.6 Å². The molecule has 0 aliphatic carbocycles. The van der Waals surface area contributed by atoms with Crippen LogP contribution in [0.4, 0.5) is 0 Å². The molecule has 0 aliphatic rings. The molecule has 108 valence electrons. The number of imidazole rings is 1. The van der Waals surface area contributed by atoms with Gasteiger partial charge in [-0.1, -0.05) is 0 Å². The number of ether oxygens (including phenoxy) is 1. The van der Waals surface area contributed by atoms with E-state index in [1.165, 1.54) is 18.4 Å². The van der Waals surface area contributed by atoms with E-state index in [4.69, 9.17) is 0 Å². The van der Waals surface area contributed by atoms with Gasteiger partial charge in [0.1, 0.15) is 0 Å². The number of nitrogens with zero attached hydrogens (tertiary/aromatic N) is 2. The summed E-state index contributed by atoms with van der Waals surface area (Å²) in [6, 6.07) is 0. The zero-order valence-corrected chi connectivity index (χ0v) is 11.9. The van der Waals surface area contributed by atoms with Crippen molar-refractivity contribution in [1.29, 1.82) is 0 Å². The zero-order chi connectivity index (χ0) is 14.7. The monoisotopic (exact) mass is 297 g/mol. The van der Waals surface area contributed by atoms with Crippen LogP contribution in [-0.4, -0.2) is 46.1 Å². The first kappa shape index (κ1) is 14.5. The maximum absolute atomic E-state index is 11.8. The highest BCUT2D eigenvalue weighted by atomic mass is 32.1. The molecule has 0 bridgehead atoms. The zero-order valence-electron chi connectivity index (χ0n) is 11.1. The first-order valence-electron chi connectivity index (χ1n) is 5.96. The van der Waals surface area contributed by atoms with E-state index in [0.29, 0.717) is 0 Å². The summed E-state index contributed by atoms with van der Waals surface area (Å²) in [7, 11) is 1.18. The number of aliphatic hydroxyl groups excluding tert-OH is 1. The van der Waals surface area contributed by atoms with Gasteiger partial charge in [-0.15, -0.1) is 11.3 Å². The van der Waals surface area contributed by atoms with Gasteiger partial charge < -0.3 is 15.2 Å². The Bertz CT molecular complexity index is 634. The Hall–Kier alpha value is -1.93. The number of nitrogens with one attached hydrogen (secondary N) is 1. The van der Waals surface area contributed by atoms with Gasteiger partial charge in [-0.25, -0.2) is 9.78 Å². The van der Waals surface area contributed by atoms with Crippen LogP contribution in [0, 0.1) is 6.92 Å². The molecule has 2 N–H and O–H groups in total. The van der Waals surface area contributed by atoms with Gasteiger partial charge in [-0.2, -0.15) is 0 Å². The minimum atomic E-state index is -1.35. The van der Waals surface area contributed by atoms with E-state index in [9.17, 15) is 14.7 Å². The smallest absolute Gasteiger partial charge is 0.336 e. The average molecular weight is 297 g/mol. The molecule has 0 radical (unpaired) electrons. The van der Waals surface area contributed by atoms with E-state index < -0.39 is 12.1 Å². The third-order valence-electron chi connectivity index (χ3n) is 2.71. The summed E-state index contributed by atoms with van der Waals surface area (Å²) >= 11 is 1.46. The van der Waals surface area contributed by atoms with Gasteiger partial charge in [0.05, 0.1) is 25.8 Å². The minimum absolute atomic E-state index is 0.156. The summed E-state index contributed by atoms with van der Waals surface area (Å²) in [4.78, 5) is 27.9. The number of carbonyl (C=O) groups is 2. The number of thiazole rings is 1. The van der Waals surface area contributed by atoms with Gasteiger partial charge in [0.15, 0.2) is 11.1 Å². The lowest BCUT2D eigenvalue weighted by Gasteiger charge is -2.09. The Balaban J connectivity index is 1.93. The van der Waals surface area contributed by atoms with E-state index in [-0.39, 0.29) is 18.9 Å². The molecule has 0 saturated heterocycles. The second-order valence-corrected chi connectivity index (χ2v) is 5.12. The number of aryl methyl sites for hydroxylation is 1. The van der Waals surface area contributed by atoms with E-state index in [2.05, 4.69) is 15.0 Å². The number of hydrogen-bond donors (Lipinski definition) is 2. The normalized spacial score (nSPS) is 12.3. The van der Waals surface area contributed by atoms with Gasteiger partial charge in [-0.3, -0.25) is 9.20 Å². The Labute approximate surface area is 119 Å². The molecule has 2 heterocycles. The molecule has 0 aromatic carbocycles. The summed E-state index contributed by atoms with van der Waals surface area (Å²) in [6.07, 6.45) is 0.670. The molecule has 0 saturated carbocycles. The van der Waals surface area contributed by atoms with Crippen molar-refractivity contribution in [2.24, 2.45) is 0 Å². The van der Waals surface area contributed by atoms with Crippen molar-refractivity contribution in [3.05, 3.63) is 23.0 Å². The van der Waals surface area contributed by atoms with Gasteiger partial charge >= 0.3 is 5.97 Å². The molecule has 1 unspecified atom stereocenters. The Kier molecular flexibility index (Phi) is 4.35. The second kappa shape index (κ2) is 6.02. The highest BCUT2D eigenvalue weighted by Crippen LogP contribution is 2.16. The van der Waals surface area contributed by atoms with Crippen molar-refractivity contribution in [3.63, 3.8) is 0 Å². The Morgan fingerprint density at radius 1 is 1.60 bits per heavy atom. The summed E-state index contributed by atoms with van der Waals surface area (Å²) in [5.74, 6) is -1.05. The van der Waals surface area contributed by atoms with Crippen LogP contribution in [0.25, 0.3) is 4.96 Å². The lowest BCUT2D eigenvalue weighted by molar-refractivity contribution is -0.150. The molecule has 20 heavy (non-hydrogen) atoms. The summed E-state index contributed by atoms with van der Waals surface area (Å²) in [5.41, 5.74) is 1.70. The van der Waals surface area contributed by atoms with E-state index >= 15 is 0 Å². The molecule has 0 spiro atoms. The third-order valence-corrected chi connectivity index (χ3v) is 3.60. The van der Waals surface area contributed by atoms with Crippen LogP contribution in [0.3, 0.4) is 0 Å². The second-order valence-electron chi connectivity index (χ2n) is 4.28. The summed E-state index contributed by atoms with van der Waals surface area (Å²) in [5, 5.41) is 13.7. The molecule has 1 amide bonds. The molecule has 2 aromatic heterocycles.